The summed E-state index contributed by atoms with van der Waals surface area (Å²) in [7, 11) is 0. The predicted octanol–water partition coefficient (Wildman–Crippen LogP) is 2.79. The van der Waals surface area contributed by atoms with Crippen molar-refractivity contribution in [3.63, 3.8) is 0 Å². The van der Waals surface area contributed by atoms with Gasteiger partial charge < -0.3 is 15.7 Å². The van der Waals surface area contributed by atoms with Gasteiger partial charge in [0.1, 0.15) is 11.6 Å². The van der Waals surface area contributed by atoms with Crippen LogP contribution in [-0.2, 0) is 4.79 Å². The van der Waals surface area contributed by atoms with Crippen molar-refractivity contribution in [2.24, 2.45) is 5.92 Å². The number of nitrogens with zero attached hydrogens (tertiary/aromatic N) is 1. The highest BCUT2D eigenvalue weighted by atomic mass is 16.3. The third-order valence-electron chi connectivity index (χ3n) is 4.46. The zero-order chi connectivity index (χ0) is 17.8. The molecule has 0 aromatic heterocycles. The van der Waals surface area contributed by atoms with Crippen LogP contribution in [0, 0.1) is 17.2 Å². The van der Waals surface area contributed by atoms with Crippen molar-refractivity contribution in [3.8, 4) is 6.07 Å². The molecule has 0 aliphatic heterocycles. The first-order chi connectivity index (χ1) is 11.7. The van der Waals surface area contributed by atoms with Crippen LogP contribution in [0.1, 0.15) is 58.8 Å². The van der Waals surface area contributed by atoms with Crippen LogP contribution in [0.3, 0.4) is 0 Å². The zero-order valence-corrected chi connectivity index (χ0v) is 15.0. The van der Waals surface area contributed by atoms with Crippen molar-refractivity contribution in [2.45, 2.75) is 58.8 Å². The van der Waals surface area contributed by atoms with Crippen LogP contribution in [0.5, 0.6) is 0 Å². The number of nitriles is 1. The van der Waals surface area contributed by atoms with Crippen molar-refractivity contribution >= 4 is 5.91 Å². The van der Waals surface area contributed by atoms with Crippen LogP contribution in [0.2, 0.25) is 0 Å². The lowest BCUT2D eigenvalue weighted by atomic mass is 9.94. The maximum atomic E-state index is 12.0. The summed E-state index contributed by atoms with van der Waals surface area (Å²) in [6.45, 7) is 5.43. The molecule has 0 aromatic rings. The Morgan fingerprint density at radius 1 is 1.42 bits per heavy atom. The number of hydrogen-bond acceptors (Lipinski definition) is 4. The maximum Gasteiger partial charge on any atom is 0.262 e. The molecule has 0 saturated carbocycles. The SMILES string of the molecule is CCCCC(CC)CNC1=C/C(=C(/C#N)C(=O)NCCO)CCC1. The molecule has 24 heavy (non-hydrogen) atoms. The highest BCUT2D eigenvalue weighted by molar-refractivity contribution is 5.98. The largest absolute Gasteiger partial charge is 0.395 e. The molecule has 0 spiro atoms. The van der Waals surface area contributed by atoms with Gasteiger partial charge in [0, 0.05) is 18.8 Å². The normalized spacial score (nSPS) is 17.5. The molecular formula is C19H31N3O2. The molecule has 134 valence electrons. The second-order valence-electron chi connectivity index (χ2n) is 6.31. The van der Waals surface area contributed by atoms with E-state index < -0.39 is 5.91 Å². The number of rotatable bonds is 10. The number of hydrogen-bond donors (Lipinski definition) is 3. The first kappa shape index (κ1) is 20.2. The van der Waals surface area contributed by atoms with Gasteiger partial charge in [0.15, 0.2) is 0 Å². The summed E-state index contributed by atoms with van der Waals surface area (Å²) >= 11 is 0. The molecule has 0 saturated heterocycles. The van der Waals surface area contributed by atoms with E-state index in [0.29, 0.717) is 5.92 Å². The molecule has 0 fully saturated rings. The van der Waals surface area contributed by atoms with Crippen LogP contribution < -0.4 is 10.6 Å². The van der Waals surface area contributed by atoms with Crippen LogP contribution >= 0.6 is 0 Å². The van der Waals surface area contributed by atoms with Gasteiger partial charge in [0.05, 0.1) is 6.61 Å². The topological polar surface area (TPSA) is 85.2 Å². The first-order valence-electron chi connectivity index (χ1n) is 9.12. The molecule has 3 N–H and O–H groups in total. The van der Waals surface area contributed by atoms with Crippen LogP contribution in [0.25, 0.3) is 0 Å². The Kier molecular flexibility index (Phi) is 9.86. The van der Waals surface area contributed by atoms with E-state index in [9.17, 15) is 10.1 Å². The van der Waals surface area contributed by atoms with E-state index in [1.165, 1.54) is 19.3 Å². The van der Waals surface area contributed by atoms with Crippen LogP contribution in [0.15, 0.2) is 22.9 Å². The third-order valence-corrected chi connectivity index (χ3v) is 4.46. The van der Waals surface area contributed by atoms with Gasteiger partial charge in [-0.3, -0.25) is 4.79 Å². The molecule has 0 aromatic carbocycles. The van der Waals surface area contributed by atoms with E-state index in [4.69, 9.17) is 5.11 Å². The lowest BCUT2D eigenvalue weighted by Crippen LogP contribution is -2.28. The monoisotopic (exact) mass is 333 g/mol. The molecule has 1 aliphatic carbocycles. The molecule has 1 unspecified atom stereocenters. The second-order valence-corrected chi connectivity index (χ2v) is 6.31. The van der Waals surface area contributed by atoms with Crippen molar-refractivity contribution < 1.29 is 9.90 Å². The van der Waals surface area contributed by atoms with Gasteiger partial charge in [-0.05, 0) is 43.3 Å². The smallest absolute Gasteiger partial charge is 0.262 e. The fraction of sp³-hybridized carbons (Fsp3) is 0.684. The second kappa shape index (κ2) is 11.7. The minimum atomic E-state index is -0.395. The highest BCUT2D eigenvalue weighted by Crippen LogP contribution is 2.24. The molecule has 0 radical (unpaired) electrons. The van der Waals surface area contributed by atoms with E-state index in [2.05, 4.69) is 24.5 Å². The minimum Gasteiger partial charge on any atom is -0.395 e. The van der Waals surface area contributed by atoms with E-state index in [0.717, 1.165) is 43.5 Å². The summed E-state index contributed by atoms with van der Waals surface area (Å²) in [6, 6.07) is 2.02. The van der Waals surface area contributed by atoms with Crippen LogP contribution in [0.4, 0.5) is 0 Å². The Morgan fingerprint density at radius 3 is 2.83 bits per heavy atom. The molecule has 5 heteroatoms. The highest BCUT2D eigenvalue weighted by Gasteiger charge is 2.17. The summed E-state index contributed by atoms with van der Waals surface area (Å²) < 4.78 is 0. The molecular weight excluding hydrogens is 302 g/mol. The number of nitrogens with one attached hydrogen (secondary N) is 2. The van der Waals surface area contributed by atoms with Crippen molar-refractivity contribution in [1.82, 2.24) is 10.6 Å². The summed E-state index contributed by atoms with van der Waals surface area (Å²) in [5, 5.41) is 24.2. The Hall–Kier alpha value is -1.80. The Morgan fingerprint density at radius 2 is 2.21 bits per heavy atom. The first-order valence-corrected chi connectivity index (χ1v) is 9.12. The van der Waals surface area contributed by atoms with Gasteiger partial charge in [0.2, 0.25) is 0 Å². The summed E-state index contributed by atoms with van der Waals surface area (Å²) in [5.41, 5.74) is 2.08. The van der Waals surface area contributed by atoms with Gasteiger partial charge in [-0.25, -0.2) is 0 Å². The quantitative estimate of drug-likeness (QED) is 0.424. The Balaban J connectivity index is 2.74. The van der Waals surface area contributed by atoms with Crippen molar-refractivity contribution in [2.75, 3.05) is 19.7 Å². The molecule has 1 rings (SSSR count). The zero-order valence-electron chi connectivity index (χ0n) is 15.0. The number of amides is 1. The fourth-order valence-electron chi connectivity index (χ4n) is 2.91. The number of carbonyl (C=O) groups excluding carboxylic acids is 1. The molecule has 0 bridgehead atoms. The summed E-state index contributed by atoms with van der Waals surface area (Å²) in [5.74, 6) is 0.275. The number of aliphatic hydroxyl groups excluding tert-OH is 1. The molecule has 0 heterocycles. The standard InChI is InChI=1S/C19H31N3O2/c1-3-5-7-15(4-2)14-22-17-9-6-8-16(12-17)18(13-20)19(24)21-10-11-23/h12,15,22-23H,3-11,14H2,1-2H3,(H,21,24)/b18-16-. The number of unbranched alkanes of at least 4 members (excludes halogenated alkanes) is 1. The minimum absolute atomic E-state index is 0.126. The van der Waals surface area contributed by atoms with Gasteiger partial charge in [-0.1, -0.05) is 33.1 Å². The Labute approximate surface area is 145 Å². The van der Waals surface area contributed by atoms with Gasteiger partial charge in [-0.2, -0.15) is 5.26 Å². The molecule has 1 atom stereocenters. The number of aliphatic hydroxyl groups is 1. The average Bonchev–Trinajstić information content (AvgIpc) is 2.61. The lowest BCUT2D eigenvalue weighted by Gasteiger charge is -2.21. The molecule has 5 nitrogen and oxygen atoms in total. The Bertz CT molecular complexity index is 503. The third kappa shape index (κ3) is 6.76. The van der Waals surface area contributed by atoms with Crippen molar-refractivity contribution in [1.29, 1.82) is 5.26 Å². The summed E-state index contributed by atoms with van der Waals surface area (Å²) in [6.07, 6.45) is 9.50. The lowest BCUT2D eigenvalue weighted by molar-refractivity contribution is -0.117. The van der Waals surface area contributed by atoms with Crippen molar-refractivity contribution in [3.05, 3.63) is 22.9 Å². The van der Waals surface area contributed by atoms with Crippen LogP contribution in [-0.4, -0.2) is 30.7 Å². The van der Waals surface area contributed by atoms with Gasteiger partial charge in [-0.15, -0.1) is 0 Å². The fourth-order valence-corrected chi connectivity index (χ4v) is 2.91. The van der Waals surface area contributed by atoms with E-state index in [1.807, 2.05) is 12.1 Å². The molecule has 1 amide bonds. The van der Waals surface area contributed by atoms with E-state index >= 15 is 0 Å². The maximum absolute atomic E-state index is 12.0. The summed E-state index contributed by atoms with van der Waals surface area (Å²) in [4.78, 5) is 12.0. The average molecular weight is 333 g/mol. The van der Waals surface area contributed by atoms with Gasteiger partial charge in [0.25, 0.3) is 5.91 Å². The molecule has 1 aliphatic rings. The van der Waals surface area contributed by atoms with Gasteiger partial charge >= 0.3 is 0 Å². The van der Waals surface area contributed by atoms with E-state index in [-0.39, 0.29) is 18.7 Å². The number of carbonyl (C=O) groups is 1. The number of allylic oxidation sites excluding steroid dienone is 3. The predicted molar refractivity (Wildman–Crippen MR) is 96.0 cm³/mol. The van der Waals surface area contributed by atoms with E-state index in [1.54, 1.807) is 0 Å².